The lowest BCUT2D eigenvalue weighted by atomic mass is 9.99. The van der Waals surface area contributed by atoms with Crippen molar-refractivity contribution in [2.45, 2.75) is 25.6 Å². The van der Waals surface area contributed by atoms with Crippen LogP contribution in [0.25, 0.3) is 10.2 Å². The Bertz CT molecular complexity index is 715. The maximum absolute atomic E-state index is 6.61. The quantitative estimate of drug-likeness (QED) is 0.587. The Kier molecular flexibility index (Phi) is 3.77. The Balaban J connectivity index is 1.88. The molecular weight excluding hydrogens is 286 g/mol. The molecular formula is C17H16ClNS. The van der Waals surface area contributed by atoms with Gasteiger partial charge in [0.05, 0.1) is 20.6 Å². The highest BCUT2D eigenvalue weighted by Gasteiger charge is 2.15. The monoisotopic (exact) mass is 301 g/mol. The van der Waals surface area contributed by atoms with Crippen LogP contribution < -0.4 is 0 Å². The number of aromatic nitrogens is 1. The Hall–Kier alpha value is -1.38. The van der Waals surface area contributed by atoms with E-state index in [0.717, 1.165) is 16.9 Å². The van der Waals surface area contributed by atoms with Crippen molar-refractivity contribution in [2.75, 3.05) is 0 Å². The molecule has 3 rings (SSSR count). The number of thiazole rings is 1. The van der Waals surface area contributed by atoms with Crippen molar-refractivity contribution in [2.24, 2.45) is 0 Å². The summed E-state index contributed by atoms with van der Waals surface area (Å²) in [6.45, 7) is 4.26. The molecule has 0 fully saturated rings. The second-order valence-corrected chi connectivity index (χ2v) is 6.68. The lowest BCUT2D eigenvalue weighted by Crippen LogP contribution is -1.99. The van der Waals surface area contributed by atoms with E-state index in [4.69, 9.17) is 11.6 Å². The lowest BCUT2D eigenvalue weighted by molar-refractivity contribution is 0.899. The zero-order chi connectivity index (χ0) is 14.1. The predicted octanol–water partition coefficient (Wildman–Crippen LogP) is 5.44. The lowest BCUT2D eigenvalue weighted by Gasteiger charge is -2.13. The fourth-order valence-electron chi connectivity index (χ4n) is 2.38. The van der Waals surface area contributed by atoms with Gasteiger partial charge in [-0.2, -0.15) is 0 Å². The number of alkyl halides is 1. The van der Waals surface area contributed by atoms with Crippen LogP contribution in [0, 0.1) is 13.8 Å². The van der Waals surface area contributed by atoms with Crippen LogP contribution in [0.1, 0.15) is 27.1 Å². The van der Waals surface area contributed by atoms with Crippen LogP contribution >= 0.6 is 22.9 Å². The van der Waals surface area contributed by atoms with Crippen LogP contribution in [0.3, 0.4) is 0 Å². The van der Waals surface area contributed by atoms with Crippen LogP contribution in [0.2, 0.25) is 0 Å². The first-order valence-corrected chi connectivity index (χ1v) is 7.95. The summed E-state index contributed by atoms with van der Waals surface area (Å²) in [5.41, 5.74) is 4.86. The number of para-hydroxylation sites is 1. The maximum atomic E-state index is 6.61. The fourth-order valence-corrected chi connectivity index (χ4v) is 3.87. The topological polar surface area (TPSA) is 12.9 Å². The van der Waals surface area contributed by atoms with Gasteiger partial charge in [-0.25, -0.2) is 4.98 Å². The highest BCUT2D eigenvalue weighted by atomic mass is 35.5. The van der Waals surface area contributed by atoms with Crippen LogP contribution in [-0.2, 0) is 6.42 Å². The molecule has 1 atom stereocenters. The summed E-state index contributed by atoms with van der Waals surface area (Å²) < 4.78 is 1.23. The molecule has 2 aromatic carbocycles. The number of aryl methyl sites for hydroxylation is 1. The van der Waals surface area contributed by atoms with E-state index in [9.17, 15) is 0 Å². The Morgan fingerprint density at radius 2 is 1.90 bits per heavy atom. The van der Waals surface area contributed by atoms with Gasteiger partial charge in [-0.15, -0.1) is 22.9 Å². The Morgan fingerprint density at radius 3 is 2.70 bits per heavy atom. The van der Waals surface area contributed by atoms with E-state index >= 15 is 0 Å². The largest absolute Gasteiger partial charge is 0.241 e. The highest BCUT2D eigenvalue weighted by molar-refractivity contribution is 7.18. The first kappa shape index (κ1) is 13.6. The summed E-state index contributed by atoms with van der Waals surface area (Å²) >= 11 is 8.35. The molecule has 0 radical (unpaired) electrons. The van der Waals surface area contributed by atoms with E-state index in [1.165, 1.54) is 21.4 Å². The molecule has 3 aromatic rings. The Morgan fingerprint density at radius 1 is 1.10 bits per heavy atom. The van der Waals surface area contributed by atoms with Gasteiger partial charge in [0, 0.05) is 6.42 Å². The number of rotatable bonds is 3. The average Bonchev–Trinajstić information content (AvgIpc) is 2.83. The molecule has 0 amide bonds. The molecule has 102 valence electrons. The maximum Gasteiger partial charge on any atom is 0.0956 e. The summed E-state index contributed by atoms with van der Waals surface area (Å²) in [6.07, 6.45) is 0.783. The van der Waals surface area contributed by atoms with Crippen molar-refractivity contribution in [3.63, 3.8) is 0 Å². The summed E-state index contributed by atoms with van der Waals surface area (Å²) in [7, 11) is 0. The van der Waals surface area contributed by atoms with Crippen LogP contribution in [0.4, 0.5) is 0 Å². The zero-order valence-corrected chi connectivity index (χ0v) is 13.1. The SMILES string of the molecule is Cc1cccc(C(Cl)Cc2nc3ccccc3s2)c1C. The fraction of sp³-hybridized carbons (Fsp3) is 0.235. The molecule has 1 nitrogen and oxygen atoms in total. The van der Waals surface area contributed by atoms with E-state index < -0.39 is 0 Å². The van der Waals surface area contributed by atoms with Gasteiger partial charge in [0.1, 0.15) is 0 Å². The molecule has 0 N–H and O–H groups in total. The molecule has 0 aliphatic heterocycles. The molecule has 0 aliphatic rings. The van der Waals surface area contributed by atoms with Crippen molar-refractivity contribution in [3.05, 3.63) is 64.2 Å². The number of halogens is 1. The third-order valence-corrected chi connectivity index (χ3v) is 5.12. The standard InChI is InChI=1S/C17H16ClNS/c1-11-6-5-7-13(12(11)2)14(18)10-17-19-15-8-3-4-9-16(15)20-17/h3-9,14H,10H2,1-2H3. The number of fused-ring (bicyclic) bond motifs is 1. The molecule has 3 heteroatoms. The molecule has 1 aromatic heterocycles. The Labute approximate surface area is 128 Å². The third-order valence-electron chi connectivity index (χ3n) is 3.68. The molecule has 0 spiro atoms. The third kappa shape index (κ3) is 2.58. The summed E-state index contributed by atoms with van der Waals surface area (Å²) in [4.78, 5) is 4.66. The van der Waals surface area contributed by atoms with E-state index in [1.54, 1.807) is 11.3 Å². The molecule has 1 unspecified atom stereocenters. The van der Waals surface area contributed by atoms with Gasteiger partial charge in [0.25, 0.3) is 0 Å². The normalized spacial score (nSPS) is 12.8. The second-order valence-electron chi connectivity index (χ2n) is 5.04. The average molecular weight is 302 g/mol. The van der Waals surface area contributed by atoms with Crippen molar-refractivity contribution in [1.82, 2.24) is 4.98 Å². The van der Waals surface area contributed by atoms with Crippen LogP contribution in [-0.4, -0.2) is 4.98 Å². The highest BCUT2D eigenvalue weighted by Crippen LogP contribution is 2.31. The van der Waals surface area contributed by atoms with Crippen LogP contribution in [0.15, 0.2) is 42.5 Å². The molecule has 0 bridgehead atoms. The minimum absolute atomic E-state index is 0.0181. The molecule has 1 heterocycles. The minimum atomic E-state index is -0.0181. The molecule has 20 heavy (non-hydrogen) atoms. The van der Waals surface area contributed by atoms with Crippen molar-refractivity contribution in [3.8, 4) is 0 Å². The number of hydrogen-bond acceptors (Lipinski definition) is 2. The van der Waals surface area contributed by atoms with Crippen molar-refractivity contribution < 1.29 is 0 Å². The van der Waals surface area contributed by atoms with Crippen molar-refractivity contribution in [1.29, 1.82) is 0 Å². The first-order chi connectivity index (χ1) is 9.65. The number of hydrogen-bond donors (Lipinski definition) is 0. The molecule has 0 aliphatic carbocycles. The van der Waals surface area contributed by atoms with E-state index in [0.29, 0.717) is 0 Å². The van der Waals surface area contributed by atoms with Gasteiger partial charge in [-0.05, 0) is 42.7 Å². The molecule has 0 saturated heterocycles. The van der Waals surface area contributed by atoms with Gasteiger partial charge in [0.15, 0.2) is 0 Å². The zero-order valence-electron chi connectivity index (χ0n) is 11.6. The van der Waals surface area contributed by atoms with Gasteiger partial charge in [-0.1, -0.05) is 30.3 Å². The summed E-state index contributed by atoms with van der Waals surface area (Å²) in [5, 5.41) is 1.09. The van der Waals surface area contributed by atoms with Gasteiger partial charge >= 0.3 is 0 Å². The summed E-state index contributed by atoms with van der Waals surface area (Å²) in [6, 6.07) is 14.6. The van der Waals surface area contributed by atoms with E-state index in [1.807, 2.05) is 12.1 Å². The van der Waals surface area contributed by atoms with Gasteiger partial charge in [-0.3, -0.25) is 0 Å². The van der Waals surface area contributed by atoms with Crippen molar-refractivity contribution >= 4 is 33.2 Å². The van der Waals surface area contributed by atoms with Gasteiger partial charge < -0.3 is 0 Å². The smallest absolute Gasteiger partial charge is 0.0956 e. The number of nitrogens with zero attached hydrogens (tertiary/aromatic N) is 1. The number of benzene rings is 2. The minimum Gasteiger partial charge on any atom is -0.241 e. The predicted molar refractivity (Wildman–Crippen MR) is 87.8 cm³/mol. The van der Waals surface area contributed by atoms with E-state index in [-0.39, 0.29) is 5.38 Å². The first-order valence-electron chi connectivity index (χ1n) is 6.70. The van der Waals surface area contributed by atoms with Crippen LogP contribution in [0.5, 0.6) is 0 Å². The molecule has 0 saturated carbocycles. The second kappa shape index (κ2) is 5.55. The van der Waals surface area contributed by atoms with E-state index in [2.05, 4.69) is 49.2 Å². The van der Waals surface area contributed by atoms with Gasteiger partial charge in [0.2, 0.25) is 0 Å². The summed E-state index contributed by atoms with van der Waals surface area (Å²) in [5.74, 6) is 0.